The Morgan fingerprint density at radius 3 is 2.50 bits per heavy atom. The highest BCUT2D eigenvalue weighted by Gasteiger charge is 2.19. The van der Waals surface area contributed by atoms with E-state index in [1.807, 2.05) is 6.92 Å². The molecule has 1 atom stereocenters. The zero-order chi connectivity index (χ0) is 14.5. The number of nitrogens with zero attached hydrogens (tertiary/aromatic N) is 2. The van der Waals surface area contributed by atoms with E-state index in [1.165, 1.54) is 29.5 Å². The first-order chi connectivity index (χ1) is 9.67. The smallest absolute Gasteiger partial charge is 0.153 e. The number of hydrogen-bond donors (Lipinski definition) is 1. The molecule has 0 saturated heterocycles. The summed E-state index contributed by atoms with van der Waals surface area (Å²) in [6.45, 7) is 5.00. The SMILES string of the molecule is CCCNC(CC)c1nnc(-c2c(F)cccc2F)s1. The molecule has 1 N–H and O–H groups in total. The Bertz CT molecular complexity index is 551. The lowest BCUT2D eigenvalue weighted by atomic mass is 10.2. The van der Waals surface area contributed by atoms with Gasteiger partial charge in [0.15, 0.2) is 5.01 Å². The van der Waals surface area contributed by atoms with Crippen molar-refractivity contribution in [3.63, 3.8) is 0 Å². The van der Waals surface area contributed by atoms with Crippen molar-refractivity contribution >= 4 is 11.3 Å². The van der Waals surface area contributed by atoms with Gasteiger partial charge < -0.3 is 5.32 Å². The summed E-state index contributed by atoms with van der Waals surface area (Å²) in [6, 6.07) is 3.88. The fraction of sp³-hybridized carbons (Fsp3) is 0.429. The lowest BCUT2D eigenvalue weighted by Gasteiger charge is -2.12. The van der Waals surface area contributed by atoms with E-state index in [-0.39, 0.29) is 16.6 Å². The summed E-state index contributed by atoms with van der Waals surface area (Å²) < 4.78 is 27.4. The van der Waals surface area contributed by atoms with Gasteiger partial charge in [0.25, 0.3) is 0 Å². The van der Waals surface area contributed by atoms with Crippen LogP contribution in [0.1, 0.15) is 37.7 Å². The molecule has 2 aromatic rings. The van der Waals surface area contributed by atoms with Crippen LogP contribution in [0, 0.1) is 11.6 Å². The van der Waals surface area contributed by atoms with Crippen molar-refractivity contribution in [3.05, 3.63) is 34.8 Å². The first kappa shape index (κ1) is 15.0. The molecule has 0 aliphatic carbocycles. The highest BCUT2D eigenvalue weighted by molar-refractivity contribution is 7.14. The van der Waals surface area contributed by atoms with E-state index in [0.29, 0.717) is 0 Å². The molecule has 0 aliphatic heterocycles. The summed E-state index contributed by atoms with van der Waals surface area (Å²) in [5, 5.41) is 12.4. The summed E-state index contributed by atoms with van der Waals surface area (Å²) in [7, 11) is 0. The van der Waals surface area contributed by atoms with Crippen LogP contribution < -0.4 is 5.32 Å². The van der Waals surface area contributed by atoms with Gasteiger partial charge in [-0.2, -0.15) is 0 Å². The molecule has 20 heavy (non-hydrogen) atoms. The van der Waals surface area contributed by atoms with Gasteiger partial charge in [0.2, 0.25) is 0 Å². The second-order valence-corrected chi connectivity index (χ2v) is 5.47. The summed E-state index contributed by atoms with van der Waals surface area (Å²) in [6.07, 6.45) is 1.87. The molecule has 0 amide bonds. The standard InChI is InChI=1S/C14H17F2N3S/c1-3-8-17-11(4-2)13-18-19-14(20-13)12-9(15)6-5-7-10(12)16/h5-7,11,17H,3-4,8H2,1-2H3. The molecule has 0 bridgehead atoms. The molecule has 0 aliphatic rings. The van der Waals surface area contributed by atoms with Gasteiger partial charge in [0, 0.05) is 0 Å². The first-order valence-electron chi connectivity index (χ1n) is 6.68. The quantitative estimate of drug-likeness (QED) is 0.877. The summed E-state index contributed by atoms with van der Waals surface area (Å²) in [5.41, 5.74) is -0.0957. The van der Waals surface area contributed by atoms with Crippen LogP contribution in [0.4, 0.5) is 8.78 Å². The van der Waals surface area contributed by atoms with Gasteiger partial charge >= 0.3 is 0 Å². The zero-order valence-electron chi connectivity index (χ0n) is 11.5. The van der Waals surface area contributed by atoms with E-state index in [1.54, 1.807) is 0 Å². The molecule has 1 aromatic heterocycles. The molecule has 1 aromatic carbocycles. The van der Waals surface area contributed by atoms with Crippen molar-refractivity contribution in [2.24, 2.45) is 0 Å². The molecule has 6 heteroatoms. The van der Waals surface area contributed by atoms with Crippen LogP contribution in [0.15, 0.2) is 18.2 Å². The third-order valence-electron chi connectivity index (χ3n) is 2.96. The monoisotopic (exact) mass is 297 g/mol. The number of halogens is 2. The minimum Gasteiger partial charge on any atom is -0.308 e. The van der Waals surface area contributed by atoms with Gasteiger partial charge in [-0.1, -0.05) is 31.3 Å². The zero-order valence-corrected chi connectivity index (χ0v) is 12.3. The van der Waals surface area contributed by atoms with Crippen LogP contribution in [0.25, 0.3) is 10.6 Å². The van der Waals surface area contributed by atoms with Crippen LogP contribution >= 0.6 is 11.3 Å². The van der Waals surface area contributed by atoms with Crippen molar-refractivity contribution in [3.8, 4) is 10.6 Å². The first-order valence-corrected chi connectivity index (χ1v) is 7.50. The van der Waals surface area contributed by atoms with E-state index in [2.05, 4.69) is 22.4 Å². The molecule has 1 heterocycles. The molecule has 2 rings (SSSR count). The van der Waals surface area contributed by atoms with Crippen molar-refractivity contribution in [2.45, 2.75) is 32.7 Å². The lowest BCUT2D eigenvalue weighted by Crippen LogP contribution is -2.21. The molecule has 0 radical (unpaired) electrons. The normalized spacial score (nSPS) is 12.6. The third kappa shape index (κ3) is 3.19. The molecule has 108 valence electrons. The highest BCUT2D eigenvalue weighted by atomic mass is 32.1. The average molecular weight is 297 g/mol. The number of aromatic nitrogens is 2. The Kier molecular flexibility index (Phi) is 5.14. The molecule has 0 spiro atoms. The number of rotatable bonds is 6. The van der Waals surface area contributed by atoms with E-state index < -0.39 is 11.6 Å². The Hall–Kier alpha value is -1.40. The number of hydrogen-bond acceptors (Lipinski definition) is 4. The fourth-order valence-corrected chi connectivity index (χ4v) is 2.95. The maximum atomic E-state index is 13.7. The minimum absolute atomic E-state index is 0.0797. The Morgan fingerprint density at radius 2 is 1.90 bits per heavy atom. The summed E-state index contributed by atoms with van der Waals surface area (Å²) in [4.78, 5) is 0. The van der Waals surface area contributed by atoms with Crippen LogP contribution in [0.3, 0.4) is 0 Å². The molecule has 1 unspecified atom stereocenters. The Morgan fingerprint density at radius 1 is 1.20 bits per heavy atom. The van der Waals surface area contributed by atoms with Crippen LogP contribution in [0.2, 0.25) is 0 Å². The second kappa shape index (κ2) is 6.85. The second-order valence-electron chi connectivity index (χ2n) is 4.46. The Labute approximate surface area is 121 Å². The van der Waals surface area contributed by atoms with Gasteiger partial charge in [-0.15, -0.1) is 10.2 Å². The summed E-state index contributed by atoms with van der Waals surface area (Å²) >= 11 is 1.23. The number of nitrogens with one attached hydrogen (secondary N) is 1. The summed E-state index contributed by atoms with van der Waals surface area (Å²) in [5.74, 6) is -1.22. The van der Waals surface area contributed by atoms with Gasteiger partial charge in [-0.3, -0.25) is 0 Å². The maximum Gasteiger partial charge on any atom is 0.153 e. The van der Waals surface area contributed by atoms with Crippen molar-refractivity contribution < 1.29 is 8.78 Å². The van der Waals surface area contributed by atoms with Crippen LogP contribution in [-0.4, -0.2) is 16.7 Å². The van der Waals surface area contributed by atoms with E-state index in [0.717, 1.165) is 24.4 Å². The van der Waals surface area contributed by atoms with Crippen molar-refractivity contribution in [2.75, 3.05) is 6.54 Å². The molecular formula is C14H17F2N3S. The van der Waals surface area contributed by atoms with E-state index in [4.69, 9.17) is 0 Å². The minimum atomic E-state index is -0.609. The van der Waals surface area contributed by atoms with Crippen LogP contribution in [0.5, 0.6) is 0 Å². The maximum absolute atomic E-state index is 13.7. The van der Waals surface area contributed by atoms with Gasteiger partial charge in [0.1, 0.15) is 16.6 Å². The lowest BCUT2D eigenvalue weighted by molar-refractivity contribution is 0.513. The van der Waals surface area contributed by atoms with Crippen molar-refractivity contribution in [1.82, 2.24) is 15.5 Å². The topological polar surface area (TPSA) is 37.8 Å². The predicted molar refractivity (Wildman–Crippen MR) is 76.6 cm³/mol. The van der Waals surface area contributed by atoms with Gasteiger partial charge in [-0.25, -0.2) is 8.78 Å². The highest BCUT2D eigenvalue weighted by Crippen LogP contribution is 2.31. The largest absolute Gasteiger partial charge is 0.308 e. The van der Waals surface area contributed by atoms with E-state index in [9.17, 15) is 8.78 Å². The average Bonchev–Trinajstić information content (AvgIpc) is 2.89. The van der Waals surface area contributed by atoms with E-state index >= 15 is 0 Å². The predicted octanol–water partition coefficient (Wildman–Crippen LogP) is 3.93. The van der Waals surface area contributed by atoms with Crippen LogP contribution in [-0.2, 0) is 0 Å². The van der Waals surface area contributed by atoms with Gasteiger partial charge in [0.05, 0.1) is 11.6 Å². The third-order valence-corrected chi connectivity index (χ3v) is 4.02. The number of benzene rings is 1. The van der Waals surface area contributed by atoms with Crippen molar-refractivity contribution in [1.29, 1.82) is 0 Å². The molecule has 0 fully saturated rings. The molecule has 0 saturated carbocycles. The fourth-order valence-electron chi connectivity index (χ4n) is 1.90. The molecular weight excluding hydrogens is 280 g/mol. The molecule has 3 nitrogen and oxygen atoms in total. The van der Waals surface area contributed by atoms with Gasteiger partial charge in [-0.05, 0) is 31.5 Å². The Balaban J connectivity index is 2.28.